The van der Waals surface area contributed by atoms with Gasteiger partial charge >= 0.3 is 0 Å². The maximum absolute atomic E-state index is 13.6. The molecule has 0 bridgehead atoms. The Balaban J connectivity index is 1.62. The molecule has 0 saturated carbocycles. The normalized spacial score (nSPS) is 15.9. The summed E-state index contributed by atoms with van der Waals surface area (Å²) in [6.07, 6.45) is -0.279. The molecule has 1 N–H and O–H groups in total. The van der Waals surface area contributed by atoms with Crippen LogP contribution in [0.4, 0.5) is 5.69 Å². The van der Waals surface area contributed by atoms with E-state index in [2.05, 4.69) is 26.1 Å². The van der Waals surface area contributed by atoms with Crippen LogP contribution in [-0.2, 0) is 26.7 Å². The molecule has 6 nitrogen and oxygen atoms in total. The third-order valence-electron chi connectivity index (χ3n) is 5.87. The number of sulfonamides is 1. The van der Waals surface area contributed by atoms with Crippen molar-refractivity contribution in [2.45, 2.75) is 43.6 Å². The summed E-state index contributed by atoms with van der Waals surface area (Å²) in [6.45, 7) is 6.53. The highest BCUT2D eigenvalue weighted by Crippen LogP contribution is 2.40. The Morgan fingerprint density at radius 1 is 1.00 bits per heavy atom. The predicted molar refractivity (Wildman–Crippen MR) is 134 cm³/mol. The van der Waals surface area contributed by atoms with E-state index in [1.165, 1.54) is 4.31 Å². The molecule has 4 rings (SSSR count). The van der Waals surface area contributed by atoms with Crippen LogP contribution in [-0.4, -0.2) is 33.5 Å². The molecule has 0 saturated heterocycles. The van der Waals surface area contributed by atoms with Crippen molar-refractivity contribution in [2.75, 3.05) is 17.4 Å². The van der Waals surface area contributed by atoms with Gasteiger partial charge in [-0.2, -0.15) is 0 Å². The van der Waals surface area contributed by atoms with Crippen molar-refractivity contribution in [3.8, 4) is 5.75 Å². The number of amides is 1. The molecule has 0 aromatic heterocycles. The van der Waals surface area contributed by atoms with Crippen LogP contribution in [0.15, 0.2) is 83.8 Å². The fraction of sp³-hybridized carbons (Fsp3) is 0.296. The molecular weight excluding hydrogens is 448 g/mol. The number of fused-ring (bicyclic) bond motifs is 1. The number of nitrogens with zero attached hydrogens (tertiary/aromatic N) is 1. The minimum absolute atomic E-state index is 0.102. The summed E-state index contributed by atoms with van der Waals surface area (Å²) in [6, 6.07) is 23.7. The molecule has 0 spiro atoms. The van der Waals surface area contributed by atoms with E-state index in [1.54, 1.807) is 36.4 Å². The first-order chi connectivity index (χ1) is 16.2. The number of hydrogen-bond acceptors (Lipinski definition) is 4. The number of anilines is 1. The van der Waals surface area contributed by atoms with Crippen LogP contribution in [0, 0.1) is 0 Å². The molecule has 0 fully saturated rings. The summed E-state index contributed by atoms with van der Waals surface area (Å²) in [4.78, 5) is 13.1. The lowest BCUT2D eigenvalue weighted by Gasteiger charge is -2.36. The lowest BCUT2D eigenvalue weighted by Crippen LogP contribution is -2.51. The van der Waals surface area contributed by atoms with Gasteiger partial charge in [0.1, 0.15) is 5.75 Å². The van der Waals surface area contributed by atoms with Gasteiger partial charge in [-0.15, -0.1) is 0 Å². The SMILES string of the molecule is CC(C)(C)c1ccc2c(c1)N(S(=O)(=O)c1ccccc1)CC(C(=O)NCCc1ccccc1)O2. The van der Waals surface area contributed by atoms with E-state index in [0.29, 0.717) is 24.4 Å². The van der Waals surface area contributed by atoms with E-state index in [1.807, 2.05) is 42.5 Å². The minimum Gasteiger partial charge on any atom is -0.476 e. The Hall–Kier alpha value is -3.32. The van der Waals surface area contributed by atoms with Gasteiger partial charge in [0, 0.05) is 6.54 Å². The van der Waals surface area contributed by atoms with Gasteiger partial charge in [-0.1, -0.05) is 75.4 Å². The highest BCUT2D eigenvalue weighted by molar-refractivity contribution is 7.92. The molecule has 3 aromatic carbocycles. The van der Waals surface area contributed by atoms with Crippen molar-refractivity contribution in [3.63, 3.8) is 0 Å². The van der Waals surface area contributed by atoms with Crippen molar-refractivity contribution in [3.05, 3.63) is 90.0 Å². The quantitative estimate of drug-likeness (QED) is 0.573. The maximum atomic E-state index is 13.6. The number of nitrogens with one attached hydrogen (secondary N) is 1. The molecule has 1 amide bonds. The number of hydrogen-bond donors (Lipinski definition) is 1. The molecule has 0 radical (unpaired) electrons. The highest BCUT2D eigenvalue weighted by Gasteiger charge is 2.38. The topological polar surface area (TPSA) is 75.7 Å². The summed E-state index contributed by atoms with van der Waals surface area (Å²) in [5.74, 6) is 0.0386. The average molecular weight is 479 g/mol. The molecule has 178 valence electrons. The van der Waals surface area contributed by atoms with E-state index in [-0.39, 0.29) is 22.8 Å². The van der Waals surface area contributed by atoms with Crippen molar-refractivity contribution in [1.82, 2.24) is 5.32 Å². The standard InChI is InChI=1S/C27H30N2O4S/c1-27(2,3)21-14-15-24-23(18-21)29(34(31,32)22-12-8-5-9-13-22)19-25(33-24)26(30)28-17-16-20-10-6-4-7-11-20/h4-15,18,25H,16-17,19H2,1-3H3,(H,28,30). The van der Waals surface area contributed by atoms with Crippen molar-refractivity contribution < 1.29 is 17.9 Å². The van der Waals surface area contributed by atoms with Gasteiger partial charge in [0.25, 0.3) is 15.9 Å². The molecule has 1 aliphatic heterocycles. The van der Waals surface area contributed by atoms with Crippen LogP contribution in [0.2, 0.25) is 0 Å². The fourth-order valence-electron chi connectivity index (χ4n) is 3.89. The van der Waals surface area contributed by atoms with Crippen molar-refractivity contribution in [2.24, 2.45) is 0 Å². The van der Waals surface area contributed by atoms with Crippen molar-refractivity contribution >= 4 is 21.6 Å². The Morgan fingerprint density at radius 2 is 1.65 bits per heavy atom. The summed E-state index contributed by atoms with van der Waals surface area (Å²) < 4.78 is 34.5. The van der Waals surface area contributed by atoms with Gasteiger partial charge in [-0.3, -0.25) is 9.10 Å². The number of ether oxygens (including phenoxy) is 1. The summed E-state index contributed by atoms with van der Waals surface area (Å²) in [5, 5.41) is 2.89. The van der Waals surface area contributed by atoms with E-state index in [9.17, 15) is 13.2 Å². The van der Waals surface area contributed by atoms with Crippen LogP contribution in [0.5, 0.6) is 5.75 Å². The van der Waals surface area contributed by atoms with Crippen LogP contribution in [0.3, 0.4) is 0 Å². The van der Waals surface area contributed by atoms with Gasteiger partial charge in [-0.25, -0.2) is 8.42 Å². The highest BCUT2D eigenvalue weighted by atomic mass is 32.2. The van der Waals surface area contributed by atoms with Gasteiger partial charge in [0.05, 0.1) is 17.1 Å². The van der Waals surface area contributed by atoms with Gasteiger partial charge in [-0.05, 0) is 47.2 Å². The van der Waals surface area contributed by atoms with E-state index >= 15 is 0 Å². The zero-order chi connectivity index (χ0) is 24.3. The molecule has 34 heavy (non-hydrogen) atoms. The third kappa shape index (κ3) is 5.09. The van der Waals surface area contributed by atoms with Gasteiger partial charge < -0.3 is 10.1 Å². The number of rotatable bonds is 6. The maximum Gasteiger partial charge on any atom is 0.264 e. The Labute approximate surface area is 201 Å². The Morgan fingerprint density at radius 3 is 2.29 bits per heavy atom. The summed E-state index contributed by atoms with van der Waals surface area (Å²) >= 11 is 0. The largest absolute Gasteiger partial charge is 0.476 e. The van der Waals surface area contributed by atoms with E-state index < -0.39 is 16.1 Å². The monoisotopic (exact) mass is 478 g/mol. The zero-order valence-electron chi connectivity index (χ0n) is 19.7. The van der Waals surface area contributed by atoms with Gasteiger partial charge in [0.15, 0.2) is 6.10 Å². The molecule has 7 heteroatoms. The lowest BCUT2D eigenvalue weighted by atomic mass is 9.86. The van der Waals surface area contributed by atoms with Crippen molar-refractivity contribution in [1.29, 1.82) is 0 Å². The zero-order valence-corrected chi connectivity index (χ0v) is 20.5. The molecule has 0 aliphatic carbocycles. The second-order valence-electron chi connectivity index (χ2n) is 9.41. The second kappa shape index (κ2) is 9.50. The molecule has 1 unspecified atom stereocenters. The average Bonchev–Trinajstić information content (AvgIpc) is 2.83. The lowest BCUT2D eigenvalue weighted by molar-refractivity contribution is -0.127. The summed E-state index contributed by atoms with van der Waals surface area (Å²) in [7, 11) is -3.89. The smallest absolute Gasteiger partial charge is 0.264 e. The number of benzene rings is 3. The van der Waals surface area contributed by atoms with Crippen LogP contribution in [0.1, 0.15) is 31.9 Å². The van der Waals surface area contributed by atoms with E-state index in [4.69, 9.17) is 4.74 Å². The predicted octanol–water partition coefficient (Wildman–Crippen LogP) is 4.30. The molecule has 1 heterocycles. The first kappa shape index (κ1) is 23.8. The van der Waals surface area contributed by atoms with Gasteiger partial charge in [0.2, 0.25) is 0 Å². The first-order valence-corrected chi connectivity index (χ1v) is 12.8. The second-order valence-corrected chi connectivity index (χ2v) is 11.3. The van der Waals surface area contributed by atoms with Crippen LogP contribution in [0.25, 0.3) is 0 Å². The molecule has 3 aromatic rings. The number of carbonyl (C=O) groups is 1. The van der Waals surface area contributed by atoms with Crippen LogP contribution < -0.4 is 14.4 Å². The molecule has 1 aliphatic rings. The fourth-order valence-corrected chi connectivity index (χ4v) is 5.38. The number of carbonyl (C=O) groups excluding carboxylic acids is 1. The Bertz CT molecular complexity index is 1250. The third-order valence-corrected chi connectivity index (χ3v) is 7.67. The summed E-state index contributed by atoms with van der Waals surface area (Å²) in [5.41, 5.74) is 2.36. The van der Waals surface area contributed by atoms with Crippen LogP contribution >= 0.6 is 0 Å². The minimum atomic E-state index is -3.89. The first-order valence-electron chi connectivity index (χ1n) is 11.4. The molecular formula is C27H30N2O4S. The Kier molecular flexibility index (Phi) is 6.66. The molecule has 1 atom stereocenters. The van der Waals surface area contributed by atoms with E-state index in [0.717, 1.165) is 11.1 Å².